The van der Waals surface area contributed by atoms with E-state index in [4.69, 9.17) is 31.0 Å². The predicted octanol–water partition coefficient (Wildman–Crippen LogP) is 14.9. The van der Waals surface area contributed by atoms with E-state index in [2.05, 4.69) is 69.0 Å². The van der Waals surface area contributed by atoms with Gasteiger partial charge in [0, 0.05) is 62.2 Å². The van der Waals surface area contributed by atoms with Gasteiger partial charge in [-0.3, -0.25) is 9.59 Å². The first-order valence-electron chi connectivity index (χ1n) is 26.6. The van der Waals surface area contributed by atoms with Crippen molar-refractivity contribution in [1.82, 2.24) is 19.1 Å². The van der Waals surface area contributed by atoms with E-state index in [0.29, 0.717) is 24.8 Å². The zero-order chi connectivity index (χ0) is 52.7. The van der Waals surface area contributed by atoms with Gasteiger partial charge in [0.1, 0.15) is 34.4 Å². The first kappa shape index (κ1) is 54.2. The Balaban J connectivity index is 0.000000172. The van der Waals surface area contributed by atoms with E-state index in [-0.39, 0.29) is 11.1 Å². The highest BCUT2D eigenvalue weighted by Crippen LogP contribution is 2.33. The molecule has 0 bridgehead atoms. The third-order valence-electron chi connectivity index (χ3n) is 14.4. The highest BCUT2D eigenvalue weighted by atomic mass is 35.5. The lowest BCUT2D eigenvalue weighted by Gasteiger charge is -2.23. The number of ether oxygens (including phenoxy) is 2. The van der Waals surface area contributed by atoms with Crippen LogP contribution in [0.25, 0.3) is 22.1 Å². The van der Waals surface area contributed by atoms with Crippen LogP contribution in [0.1, 0.15) is 121 Å². The standard InChI is InChI=1S/C31H34FN3O2.C24H31N3O.C7H4ClFO/c1-3-37-27-15-13-22(14-16-27)17-25-18-24-19-26(34(2)31(36)28-11-7-8-12-29(28)32)20-33-30(24)35(25)21-23-9-5-4-6-10-23;1-3-28-23-11-9-18(10-12-23)13-22-15-20-14-21(25-2)16-26-24(20)27(22)17-19-7-5-4-6-8-19;8-7(10)5-3-1-2-4-6(5)9/h7-8,11-16,18-20,23H,3-6,9-10,17,21H2,1-2H3;9-12,14-16,19,25H,3-8,13,17H2,1-2H3;1-4H. The van der Waals surface area contributed by atoms with Crippen molar-refractivity contribution >= 4 is 56.2 Å². The number of hydrogen-bond donors (Lipinski definition) is 1. The Morgan fingerprint density at radius 3 is 1.52 bits per heavy atom. The summed E-state index contributed by atoms with van der Waals surface area (Å²) in [5.41, 5.74) is 8.81. The summed E-state index contributed by atoms with van der Waals surface area (Å²) in [6, 6.07) is 37.1. The number of anilines is 2. The quantitative estimate of drug-likeness (QED) is 0.0962. The molecule has 1 N–H and O–H groups in total. The number of fused-ring (bicyclic) bond motifs is 2. The first-order chi connectivity index (χ1) is 36.5. The number of nitrogens with zero attached hydrogens (tertiary/aromatic N) is 5. The maximum Gasteiger partial charge on any atom is 0.261 e. The normalized spacial score (nSPS) is 13.9. The topological polar surface area (TPSA) is 104 Å². The van der Waals surface area contributed by atoms with Crippen LogP contribution in [0.15, 0.2) is 134 Å². The molecule has 75 heavy (non-hydrogen) atoms. The van der Waals surface area contributed by atoms with Crippen LogP contribution in [0.5, 0.6) is 11.5 Å². The van der Waals surface area contributed by atoms with E-state index in [1.54, 1.807) is 31.4 Å². The molecule has 0 aliphatic heterocycles. The van der Waals surface area contributed by atoms with Gasteiger partial charge in [0.25, 0.3) is 11.1 Å². The SMILES string of the molecule is CCOc1ccc(Cc2cc3cc(N(C)C(=O)c4ccccc4F)cnc3n2CC2CCCCC2)cc1.CCOc1ccc(Cc2cc3cc(NC)cnc3n2CC2CCCCC2)cc1.O=C(Cl)c1ccccc1F. The molecule has 2 saturated carbocycles. The minimum absolute atomic E-state index is 0.0520. The van der Waals surface area contributed by atoms with Crippen molar-refractivity contribution in [2.24, 2.45) is 11.8 Å². The summed E-state index contributed by atoms with van der Waals surface area (Å²) in [4.78, 5) is 34.5. The third-order valence-corrected chi connectivity index (χ3v) is 14.6. The Labute approximate surface area is 445 Å². The minimum Gasteiger partial charge on any atom is -0.494 e. The van der Waals surface area contributed by atoms with Crippen molar-refractivity contribution in [3.8, 4) is 11.5 Å². The molecule has 2 aliphatic carbocycles. The van der Waals surface area contributed by atoms with Gasteiger partial charge in [-0.05, 0) is 147 Å². The molecule has 0 spiro atoms. The Hall–Kier alpha value is -7.05. The lowest BCUT2D eigenvalue weighted by Crippen LogP contribution is -2.27. The fourth-order valence-corrected chi connectivity index (χ4v) is 10.5. The summed E-state index contributed by atoms with van der Waals surface area (Å²) in [5.74, 6) is 1.74. The van der Waals surface area contributed by atoms with Crippen molar-refractivity contribution in [3.05, 3.63) is 179 Å². The lowest BCUT2D eigenvalue weighted by atomic mass is 9.89. The van der Waals surface area contributed by atoms with Crippen LogP contribution in [-0.2, 0) is 25.9 Å². The second-order valence-corrected chi connectivity index (χ2v) is 19.9. The highest BCUT2D eigenvalue weighted by Gasteiger charge is 2.23. The van der Waals surface area contributed by atoms with Gasteiger partial charge >= 0.3 is 0 Å². The number of hydrogen-bond acceptors (Lipinski definition) is 7. The molecule has 0 unspecified atom stereocenters. The van der Waals surface area contributed by atoms with Gasteiger partial charge in [0.15, 0.2) is 0 Å². The van der Waals surface area contributed by atoms with Crippen molar-refractivity contribution in [3.63, 3.8) is 0 Å². The molecule has 2 aliphatic rings. The molecular formula is C62H69ClF2N6O4. The number of carbonyl (C=O) groups is 2. The van der Waals surface area contributed by atoms with Gasteiger partial charge in [-0.2, -0.15) is 0 Å². The number of halogens is 3. The Bertz CT molecular complexity index is 3140. The minimum atomic E-state index is -0.766. The molecule has 0 radical (unpaired) electrons. The van der Waals surface area contributed by atoms with Crippen LogP contribution in [0.4, 0.5) is 20.2 Å². The molecule has 2 fully saturated rings. The largest absolute Gasteiger partial charge is 0.494 e. The van der Waals surface area contributed by atoms with Crippen LogP contribution < -0.4 is 19.7 Å². The average molecular weight is 1040 g/mol. The molecule has 10 rings (SSSR count). The van der Waals surface area contributed by atoms with E-state index < -0.39 is 22.8 Å². The average Bonchev–Trinajstić information content (AvgIpc) is 3.95. The fourth-order valence-electron chi connectivity index (χ4n) is 10.4. The molecule has 392 valence electrons. The Morgan fingerprint density at radius 1 is 0.627 bits per heavy atom. The van der Waals surface area contributed by atoms with Crippen molar-refractivity contribution in [2.45, 2.75) is 104 Å². The van der Waals surface area contributed by atoms with Crippen LogP contribution in [0.3, 0.4) is 0 Å². The third kappa shape index (κ3) is 14.2. The highest BCUT2D eigenvalue weighted by molar-refractivity contribution is 6.67. The molecule has 0 atom stereocenters. The van der Waals surface area contributed by atoms with Gasteiger partial charge in [0.2, 0.25) is 0 Å². The Morgan fingerprint density at radius 2 is 1.08 bits per heavy atom. The van der Waals surface area contributed by atoms with Gasteiger partial charge < -0.3 is 28.8 Å². The number of pyridine rings is 2. The fraction of sp³-hybridized carbons (Fsp3) is 0.355. The molecule has 13 heteroatoms. The summed E-state index contributed by atoms with van der Waals surface area (Å²) < 4.78 is 42.8. The number of amides is 1. The molecular weight excluding hydrogens is 966 g/mol. The molecule has 1 amide bonds. The van der Waals surface area contributed by atoms with Gasteiger partial charge in [-0.1, -0.05) is 87.1 Å². The number of nitrogens with one attached hydrogen (secondary N) is 1. The molecule has 4 aromatic carbocycles. The van der Waals surface area contributed by atoms with Crippen LogP contribution in [-0.4, -0.2) is 57.6 Å². The molecule has 4 aromatic heterocycles. The number of benzene rings is 4. The zero-order valence-electron chi connectivity index (χ0n) is 43.7. The van der Waals surface area contributed by atoms with Gasteiger partial charge in [0.05, 0.1) is 48.1 Å². The zero-order valence-corrected chi connectivity index (χ0v) is 44.4. The number of rotatable bonds is 16. The first-order valence-corrected chi connectivity index (χ1v) is 26.9. The van der Waals surface area contributed by atoms with Gasteiger partial charge in [-0.15, -0.1) is 0 Å². The predicted molar refractivity (Wildman–Crippen MR) is 299 cm³/mol. The molecule has 0 saturated heterocycles. The lowest BCUT2D eigenvalue weighted by molar-refractivity contribution is 0.0988. The maximum atomic E-state index is 14.2. The summed E-state index contributed by atoms with van der Waals surface area (Å²) in [6.07, 6.45) is 18.6. The van der Waals surface area contributed by atoms with Crippen LogP contribution in [0, 0.1) is 23.5 Å². The van der Waals surface area contributed by atoms with Crippen molar-refractivity contribution < 1.29 is 27.8 Å². The van der Waals surface area contributed by atoms with E-state index in [1.807, 2.05) is 45.3 Å². The number of carbonyl (C=O) groups excluding carboxylic acids is 2. The summed E-state index contributed by atoms with van der Waals surface area (Å²) in [7, 11) is 3.61. The Kier molecular flexibility index (Phi) is 19.1. The molecule has 10 nitrogen and oxygen atoms in total. The van der Waals surface area contributed by atoms with E-state index in [0.717, 1.165) is 65.7 Å². The molecule has 8 aromatic rings. The van der Waals surface area contributed by atoms with Crippen LogP contribution in [0.2, 0.25) is 0 Å². The second-order valence-electron chi connectivity index (χ2n) is 19.6. The van der Waals surface area contributed by atoms with Crippen molar-refractivity contribution in [1.29, 1.82) is 0 Å². The monoisotopic (exact) mass is 1030 g/mol. The smallest absolute Gasteiger partial charge is 0.261 e. The molecule has 4 heterocycles. The summed E-state index contributed by atoms with van der Waals surface area (Å²) in [6.45, 7) is 7.39. The maximum absolute atomic E-state index is 14.2. The number of aromatic nitrogens is 4. The second kappa shape index (κ2) is 26.4. The van der Waals surface area contributed by atoms with Crippen LogP contribution >= 0.6 is 11.6 Å². The summed E-state index contributed by atoms with van der Waals surface area (Å²) in [5, 5.41) is 4.66. The van der Waals surface area contributed by atoms with E-state index in [1.165, 1.54) is 127 Å². The van der Waals surface area contributed by atoms with E-state index in [9.17, 15) is 18.4 Å². The van der Waals surface area contributed by atoms with Crippen molar-refractivity contribution in [2.75, 3.05) is 37.5 Å². The van der Waals surface area contributed by atoms with Gasteiger partial charge in [-0.25, -0.2) is 18.7 Å². The summed E-state index contributed by atoms with van der Waals surface area (Å²) >= 11 is 5.03. The van der Waals surface area contributed by atoms with E-state index >= 15 is 0 Å².